The second kappa shape index (κ2) is 11.5. The number of piperazine rings is 1. The van der Waals surface area contributed by atoms with E-state index in [0.717, 1.165) is 69.2 Å². The Morgan fingerprint density at radius 1 is 1.08 bits per heavy atom. The van der Waals surface area contributed by atoms with E-state index in [1.165, 1.54) is 16.7 Å². The highest BCUT2D eigenvalue weighted by molar-refractivity contribution is 5.94. The second-order valence-electron chi connectivity index (χ2n) is 11.5. The van der Waals surface area contributed by atoms with Gasteiger partial charge in [0.15, 0.2) is 0 Å². The Morgan fingerprint density at radius 3 is 2.46 bits per heavy atom. The number of anilines is 1. The molecular formula is C30H44N6O. The highest BCUT2D eigenvalue weighted by Gasteiger charge is 2.25. The molecule has 3 aromatic rings. The van der Waals surface area contributed by atoms with Crippen LogP contribution >= 0.6 is 0 Å². The van der Waals surface area contributed by atoms with Gasteiger partial charge in [0.1, 0.15) is 5.65 Å². The number of rotatable bonds is 8. The predicted octanol–water partition coefficient (Wildman–Crippen LogP) is 5.36. The summed E-state index contributed by atoms with van der Waals surface area (Å²) in [6.45, 7) is 12.1. The van der Waals surface area contributed by atoms with Gasteiger partial charge in [-0.05, 0) is 64.0 Å². The summed E-state index contributed by atoms with van der Waals surface area (Å²) in [6.07, 6.45) is 9.96. The third-order valence-electron chi connectivity index (χ3n) is 8.03. The van der Waals surface area contributed by atoms with Crippen LogP contribution in [0.25, 0.3) is 22.2 Å². The monoisotopic (exact) mass is 504 g/mol. The van der Waals surface area contributed by atoms with Crippen LogP contribution in [0.2, 0.25) is 0 Å². The third kappa shape index (κ3) is 6.16. The van der Waals surface area contributed by atoms with Gasteiger partial charge in [-0.1, -0.05) is 37.6 Å². The third-order valence-corrected chi connectivity index (χ3v) is 8.03. The van der Waals surface area contributed by atoms with Crippen molar-refractivity contribution < 1.29 is 5.11 Å². The van der Waals surface area contributed by atoms with Gasteiger partial charge in [0.2, 0.25) is 5.95 Å². The Morgan fingerprint density at radius 2 is 1.78 bits per heavy atom. The van der Waals surface area contributed by atoms with E-state index in [-0.39, 0.29) is 6.10 Å². The van der Waals surface area contributed by atoms with Crippen molar-refractivity contribution in [3.8, 4) is 11.1 Å². The first-order valence-electron chi connectivity index (χ1n) is 14.3. The van der Waals surface area contributed by atoms with Crippen LogP contribution in [-0.4, -0.2) is 61.9 Å². The average molecular weight is 505 g/mol. The maximum atomic E-state index is 10.1. The molecule has 200 valence electrons. The number of benzene rings is 1. The first kappa shape index (κ1) is 26.1. The standard InChI is InChI=1S/C30H44N6O/c1-5-6-20(2)33-30-31-15-27-28(19-36(29(27)34-30)25-11-13-26(37)14-12-25)24-9-7-23(8-10-24)18-35-16-21(3)32-22(4)17-35/h7-10,15,19-22,25-26,32,37H,5-6,11-14,16-18H2,1-4H3,(H,31,33,34). The smallest absolute Gasteiger partial charge is 0.224 e. The SMILES string of the molecule is CCCC(C)Nc1ncc2c(-c3ccc(CN4CC(C)NC(C)C4)cc3)cn(C3CCC(O)CC3)c2n1. The fourth-order valence-corrected chi connectivity index (χ4v) is 6.29. The fourth-order valence-electron chi connectivity index (χ4n) is 6.29. The van der Waals surface area contributed by atoms with Crippen LogP contribution in [0.5, 0.6) is 0 Å². The molecule has 5 rings (SSSR count). The summed E-state index contributed by atoms with van der Waals surface area (Å²) in [7, 11) is 0. The Labute approximate surface area is 221 Å². The van der Waals surface area contributed by atoms with Crippen molar-refractivity contribution in [2.24, 2.45) is 0 Å². The van der Waals surface area contributed by atoms with Crippen molar-refractivity contribution in [3.05, 3.63) is 42.2 Å². The molecular weight excluding hydrogens is 460 g/mol. The average Bonchev–Trinajstić information content (AvgIpc) is 3.23. The first-order chi connectivity index (χ1) is 17.9. The summed E-state index contributed by atoms with van der Waals surface area (Å²) in [5, 5.41) is 18.3. The number of hydrogen-bond acceptors (Lipinski definition) is 6. The lowest BCUT2D eigenvalue weighted by molar-refractivity contribution is 0.111. The quantitative estimate of drug-likeness (QED) is 0.383. The summed E-state index contributed by atoms with van der Waals surface area (Å²) in [4.78, 5) is 12.3. The molecule has 0 amide bonds. The maximum absolute atomic E-state index is 10.1. The van der Waals surface area contributed by atoms with Crippen LogP contribution < -0.4 is 10.6 Å². The van der Waals surface area contributed by atoms with Gasteiger partial charge in [0, 0.05) is 67.1 Å². The molecule has 2 fully saturated rings. The van der Waals surface area contributed by atoms with E-state index in [9.17, 15) is 5.11 Å². The van der Waals surface area contributed by atoms with Crippen LogP contribution in [0.15, 0.2) is 36.7 Å². The van der Waals surface area contributed by atoms with E-state index in [2.05, 4.69) is 78.3 Å². The molecule has 1 saturated carbocycles. The van der Waals surface area contributed by atoms with Gasteiger partial charge in [-0.2, -0.15) is 4.98 Å². The van der Waals surface area contributed by atoms with E-state index in [4.69, 9.17) is 9.97 Å². The number of aromatic nitrogens is 3. The lowest BCUT2D eigenvalue weighted by atomic mass is 9.93. The zero-order valence-corrected chi connectivity index (χ0v) is 23.0. The van der Waals surface area contributed by atoms with Gasteiger partial charge < -0.3 is 20.3 Å². The molecule has 3 N–H and O–H groups in total. The Kier molecular flexibility index (Phi) is 8.12. The highest BCUT2D eigenvalue weighted by Crippen LogP contribution is 2.37. The normalized spacial score (nSPS) is 25.9. The molecule has 1 aliphatic carbocycles. The lowest BCUT2D eigenvalue weighted by Crippen LogP contribution is -2.53. The number of nitrogens with zero attached hydrogens (tertiary/aromatic N) is 4. The Hall–Kier alpha value is -2.48. The molecule has 1 aliphatic heterocycles. The van der Waals surface area contributed by atoms with Crippen molar-refractivity contribution in [1.82, 2.24) is 24.8 Å². The van der Waals surface area contributed by atoms with Gasteiger partial charge in [0.25, 0.3) is 0 Å². The predicted molar refractivity (Wildman–Crippen MR) is 152 cm³/mol. The molecule has 7 nitrogen and oxygen atoms in total. The van der Waals surface area contributed by atoms with Crippen molar-refractivity contribution in [2.45, 2.75) is 103 Å². The van der Waals surface area contributed by atoms with Crippen LogP contribution in [-0.2, 0) is 6.54 Å². The molecule has 3 atom stereocenters. The van der Waals surface area contributed by atoms with Crippen molar-refractivity contribution in [1.29, 1.82) is 0 Å². The fraction of sp³-hybridized carbons (Fsp3) is 0.600. The molecule has 37 heavy (non-hydrogen) atoms. The van der Waals surface area contributed by atoms with E-state index in [0.29, 0.717) is 30.1 Å². The zero-order valence-electron chi connectivity index (χ0n) is 23.0. The van der Waals surface area contributed by atoms with Gasteiger partial charge in [-0.25, -0.2) is 4.98 Å². The molecule has 2 aliphatic rings. The highest BCUT2D eigenvalue weighted by atomic mass is 16.3. The van der Waals surface area contributed by atoms with Crippen molar-refractivity contribution in [2.75, 3.05) is 18.4 Å². The van der Waals surface area contributed by atoms with Crippen LogP contribution in [0, 0.1) is 0 Å². The van der Waals surface area contributed by atoms with Crippen molar-refractivity contribution in [3.63, 3.8) is 0 Å². The number of aliphatic hydroxyl groups is 1. The van der Waals surface area contributed by atoms with E-state index >= 15 is 0 Å². The van der Waals surface area contributed by atoms with Crippen LogP contribution in [0.3, 0.4) is 0 Å². The summed E-state index contributed by atoms with van der Waals surface area (Å²) in [6, 6.07) is 10.8. The van der Waals surface area contributed by atoms with Gasteiger partial charge in [-0.3, -0.25) is 4.90 Å². The maximum Gasteiger partial charge on any atom is 0.224 e. The number of hydrogen-bond donors (Lipinski definition) is 3. The zero-order chi connectivity index (χ0) is 25.9. The largest absolute Gasteiger partial charge is 0.393 e. The molecule has 0 bridgehead atoms. The molecule has 3 unspecified atom stereocenters. The second-order valence-corrected chi connectivity index (χ2v) is 11.5. The summed E-state index contributed by atoms with van der Waals surface area (Å²) >= 11 is 0. The van der Waals surface area contributed by atoms with E-state index in [1.54, 1.807) is 0 Å². The summed E-state index contributed by atoms with van der Waals surface area (Å²) in [5.41, 5.74) is 4.73. The van der Waals surface area contributed by atoms with Gasteiger partial charge in [0.05, 0.1) is 6.10 Å². The number of fused-ring (bicyclic) bond motifs is 1. The Bertz CT molecular complexity index is 1160. The topological polar surface area (TPSA) is 78.2 Å². The van der Waals surface area contributed by atoms with E-state index in [1.807, 2.05) is 6.20 Å². The van der Waals surface area contributed by atoms with Crippen LogP contribution in [0.4, 0.5) is 5.95 Å². The van der Waals surface area contributed by atoms with Gasteiger partial charge >= 0.3 is 0 Å². The molecule has 7 heteroatoms. The molecule has 0 radical (unpaired) electrons. The van der Waals surface area contributed by atoms with E-state index < -0.39 is 0 Å². The molecule has 3 heterocycles. The van der Waals surface area contributed by atoms with Crippen molar-refractivity contribution >= 4 is 17.0 Å². The summed E-state index contributed by atoms with van der Waals surface area (Å²) in [5.74, 6) is 0.699. The lowest BCUT2D eigenvalue weighted by Gasteiger charge is -2.36. The van der Waals surface area contributed by atoms with Crippen LogP contribution in [0.1, 0.15) is 77.8 Å². The molecule has 0 spiro atoms. The number of aliphatic hydroxyl groups excluding tert-OH is 1. The number of nitrogens with one attached hydrogen (secondary N) is 2. The Balaban J connectivity index is 1.43. The van der Waals surface area contributed by atoms with Gasteiger partial charge in [-0.15, -0.1) is 0 Å². The minimum Gasteiger partial charge on any atom is -0.393 e. The first-order valence-corrected chi connectivity index (χ1v) is 14.3. The molecule has 1 saturated heterocycles. The summed E-state index contributed by atoms with van der Waals surface area (Å²) < 4.78 is 2.35. The minimum atomic E-state index is -0.173. The minimum absolute atomic E-state index is 0.173. The molecule has 1 aromatic carbocycles. The molecule has 2 aromatic heterocycles.